The lowest BCUT2D eigenvalue weighted by atomic mass is 9.57. The van der Waals surface area contributed by atoms with E-state index in [1.54, 1.807) is 6.07 Å². The number of aliphatic hydroxyl groups excluding tert-OH is 1. The van der Waals surface area contributed by atoms with E-state index in [1.165, 1.54) is 24.0 Å². The van der Waals surface area contributed by atoms with Crippen LogP contribution in [0.5, 0.6) is 5.75 Å². The van der Waals surface area contributed by atoms with E-state index in [0.29, 0.717) is 40.8 Å². The van der Waals surface area contributed by atoms with Crippen LogP contribution in [-0.4, -0.2) is 16.3 Å². The van der Waals surface area contributed by atoms with E-state index in [-0.39, 0.29) is 6.10 Å². The van der Waals surface area contributed by atoms with Crippen molar-refractivity contribution in [3.8, 4) is 5.75 Å². The topological polar surface area (TPSA) is 40.5 Å². The van der Waals surface area contributed by atoms with E-state index in [1.807, 2.05) is 12.1 Å². The van der Waals surface area contributed by atoms with Gasteiger partial charge < -0.3 is 10.2 Å². The number of aliphatic hydroxyl groups is 1. The molecule has 2 saturated carbocycles. The number of rotatable bonds is 7. The van der Waals surface area contributed by atoms with Crippen molar-refractivity contribution in [1.29, 1.82) is 0 Å². The molecule has 1 aromatic rings. The highest BCUT2D eigenvalue weighted by molar-refractivity contribution is 5.34. The second-order valence-corrected chi connectivity index (χ2v) is 11.1. The Balaban J connectivity index is 1.72. The van der Waals surface area contributed by atoms with Crippen LogP contribution in [0.3, 0.4) is 0 Å². The molecule has 0 amide bonds. The third-order valence-electron chi connectivity index (χ3n) is 8.96. The van der Waals surface area contributed by atoms with Crippen LogP contribution in [0, 0.1) is 47.8 Å². The molecule has 168 valence electrons. The highest BCUT2D eigenvalue weighted by Crippen LogP contribution is 2.60. The monoisotopic (exact) mass is 412 g/mol. The summed E-state index contributed by atoms with van der Waals surface area (Å²) in [5.41, 5.74) is 2.80. The van der Waals surface area contributed by atoms with Gasteiger partial charge in [-0.1, -0.05) is 52.8 Å². The van der Waals surface area contributed by atoms with Gasteiger partial charge in [0.2, 0.25) is 0 Å². The fraction of sp³-hybridized carbons (Fsp3) is 0.714. The summed E-state index contributed by atoms with van der Waals surface area (Å²) in [6, 6.07) is 5.68. The quantitative estimate of drug-likeness (QED) is 0.477. The molecule has 2 aliphatic carbocycles. The molecule has 0 aliphatic heterocycles. The van der Waals surface area contributed by atoms with Gasteiger partial charge in [-0.3, -0.25) is 0 Å². The van der Waals surface area contributed by atoms with Gasteiger partial charge in [0.25, 0.3) is 0 Å². The summed E-state index contributed by atoms with van der Waals surface area (Å²) >= 11 is 0. The number of hydrogen-bond acceptors (Lipinski definition) is 2. The van der Waals surface area contributed by atoms with Gasteiger partial charge in [-0.05, 0) is 110 Å². The summed E-state index contributed by atoms with van der Waals surface area (Å²) in [7, 11) is 0. The molecule has 2 fully saturated rings. The van der Waals surface area contributed by atoms with Crippen LogP contribution in [0.25, 0.3) is 0 Å². The van der Waals surface area contributed by atoms with Crippen LogP contribution in [0.1, 0.15) is 77.8 Å². The molecule has 7 atom stereocenters. The van der Waals surface area contributed by atoms with Gasteiger partial charge in [0.1, 0.15) is 5.75 Å². The lowest BCUT2D eigenvalue weighted by molar-refractivity contribution is -0.0493. The minimum Gasteiger partial charge on any atom is -0.508 e. The van der Waals surface area contributed by atoms with Crippen molar-refractivity contribution in [2.75, 3.05) is 0 Å². The summed E-state index contributed by atoms with van der Waals surface area (Å²) < 4.78 is 0. The van der Waals surface area contributed by atoms with Crippen LogP contribution in [0.4, 0.5) is 0 Å². The first-order valence-electron chi connectivity index (χ1n) is 12.3. The van der Waals surface area contributed by atoms with E-state index in [2.05, 4.69) is 53.7 Å². The number of phenols is 1. The van der Waals surface area contributed by atoms with E-state index in [4.69, 9.17) is 0 Å². The van der Waals surface area contributed by atoms with Crippen molar-refractivity contribution >= 4 is 0 Å². The Morgan fingerprint density at radius 1 is 1.10 bits per heavy atom. The maximum Gasteiger partial charge on any atom is 0.115 e. The second kappa shape index (κ2) is 9.47. The van der Waals surface area contributed by atoms with Crippen molar-refractivity contribution < 1.29 is 10.2 Å². The summed E-state index contributed by atoms with van der Waals surface area (Å²) in [5.74, 6) is 3.98. The average Bonchev–Trinajstić information content (AvgIpc) is 3.05. The molecule has 2 N–H and O–H groups in total. The standard InChI is InChI=1S/C28H44O2/c1-18(2)19(3)7-8-21(5)25-13-14-26-24(27(30)15-16-28(25,26)6)12-10-22-17-23(29)11-9-20(22)4/h7-9,11,17-19,21,24-27,29-30H,10,12-16H2,1-6H3/b8-7+/t19-,21-,24+,25-,26+,27-,28-/m1/s1. The summed E-state index contributed by atoms with van der Waals surface area (Å²) in [5, 5.41) is 20.8. The van der Waals surface area contributed by atoms with Gasteiger partial charge in [0.05, 0.1) is 6.10 Å². The number of phenolic OH excluding ortho intramolecular Hbond substituents is 1. The zero-order valence-electron chi connectivity index (χ0n) is 20.1. The Morgan fingerprint density at radius 2 is 1.83 bits per heavy atom. The molecule has 0 spiro atoms. The maximum absolute atomic E-state index is 10.9. The van der Waals surface area contributed by atoms with Gasteiger partial charge in [0.15, 0.2) is 0 Å². The molecule has 0 aromatic heterocycles. The van der Waals surface area contributed by atoms with Crippen molar-refractivity contribution in [3.63, 3.8) is 0 Å². The van der Waals surface area contributed by atoms with E-state index >= 15 is 0 Å². The first-order chi connectivity index (χ1) is 14.1. The Kier molecular flexibility index (Phi) is 7.38. The number of allylic oxidation sites excluding steroid dienone is 2. The predicted molar refractivity (Wildman–Crippen MR) is 127 cm³/mol. The number of fused-ring (bicyclic) bond motifs is 1. The first kappa shape index (κ1) is 23.4. The molecular formula is C28H44O2. The van der Waals surface area contributed by atoms with Crippen molar-refractivity contribution in [2.45, 2.75) is 86.2 Å². The molecular weight excluding hydrogens is 368 g/mol. The van der Waals surface area contributed by atoms with Gasteiger partial charge in [-0.2, -0.15) is 0 Å². The largest absolute Gasteiger partial charge is 0.508 e. The Hall–Kier alpha value is -1.28. The Labute approximate surface area is 184 Å². The number of aromatic hydroxyl groups is 1. The van der Waals surface area contributed by atoms with Crippen LogP contribution in [-0.2, 0) is 6.42 Å². The number of benzene rings is 1. The van der Waals surface area contributed by atoms with Crippen molar-refractivity contribution in [2.24, 2.45) is 40.9 Å². The normalized spacial score (nSPS) is 33.7. The molecule has 2 nitrogen and oxygen atoms in total. The van der Waals surface area contributed by atoms with Crippen LogP contribution in [0.2, 0.25) is 0 Å². The van der Waals surface area contributed by atoms with Crippen molar-refractivity contribution in [1.82, 2.24) is 0 Å². The molecule has 0 radical (unpaired) electrons. The summed E-state index contributed by atoms with van der Waals surface area (Å²) in [4.78, 5) is 0. The second-order valence-electron chi connectivity index (χ2n) is 11.1. The van der Waals surface area contributed by atoms with Crippen LogP contribution in [0.15, 0.2) is 30.4 Å². The zero-order valence-corrected chi connectivity index (χ0v) is 20.1. The molecule has 2 aliphatic rings. The molecule has 30 heavy (non-hydrogen) atoms. The summed E-state index contributed by atoms with van der Waals surface area (Å²) in [6.07, 6.45) is 11.3. The Bertz CT molecular complexity index is 736. The number of aryl methyl sites for hydroxylation is 2. The fourth-order valence-corrected chi connectivity index (χ4v) is 6.52. The van der Waals surface area contributed by atoms with Gasteiger partial charge >= 0.3 is 0 Å². The third-order valence-corrected chi connectivity index (χ3v) is 8.96. The van der Waals surface area contributed by atoms with Crippen LogP contribution < -0.4 is 0 Å². The fourth-order valence-electron chi connectivity index (χ4n) is 6.52. The minimum atomic E-state index is -0.175. The van der Waals surface area contributed by atoms with E-state index in [0.717, 1.165) is 31.6 Å². The van der Waals surface area contributed by atoms with Gasteiger partial charge in [-0.15, -0.1) is 0 Å². The van der Waals surface area contributed by atoms with Gasteiger partial charge in [-0.25, -0.2) is 0 Å². The molecule has 1 aromatic carbocycles. The summed E-state index contributed by atoms with van der Waals surface area (Å²) in [6.45, 7) is 14.0. The molecule has 3 rings (SSSR count). The molecule has 0 saturated heterocycles. The smallest absolute Gasteiger partial charge is 0.115 e. The SMILES string of the molecule is Cc1ccc(O)cc1CC[C@@H]1[C@H](O)CC[C@]2(C)[C@@H]([C@H](C)/C=C/[C@@H](C)C(C)C)CC[C@@H]12. The third kappa shape index (κ3) is 4.79. The van der Waals surface area contributed by atoms with Crippen molar-refractivity contribution in [3.05, 3.63) is 41.5 Å². The molecule has 2 heteroatoms. The van der Waals surface area contributed by atoms with Gasteiger partial charge in [0, 0.05) is 0 Å². The molecule has 0 bridgehead atoms. The van der Waals surface area contributed by atoms with E-state index in [9.17, 15) is 10.2 Å². The highest BCUT2D eigenvalue weighted by atomic mass is 16.3. The predicted octanol–water partition coefficient (Wildman–Crippen LogP) is 6.92. The number of hydrogen-bond donors (Lipinski definition) is 2. The highest BCUT2D eigenvalue weighted by Gasteiger charge is 2.54. The average molecular weight is 413 g/mol. The minimum absolute atomic E-state index is 0.175. The lowest BCUT2D eigenvalue weighted by Crippen LogP contribution is -2.45. The first-order valence-corrected chi connectivity index (χ1v) is 12.3. The van der Waals surface area contributed by atoms with Crippen LogP contribution >= 0.6 is 0 Å². The lowest BCUT2D eigenvalue weighted by Gasteiger charge is -2.48. The molecule has 0 heterocycles. The maximum atomic E-state index is 10.9. The Morgan fingerprint density at radius 3 is 2.53 bits per heavy atom. The zero-order chi connectivity index (χ0) is 22.1. The van der Waals surface area contributed by atoms with E-state index < -0.39 is 0 Å². The molecule has 0 unspecified atom stereocenters.